The number of carbonyl (C=O) groups excluding carboxylic acids is 2. The highest BCUT2D eigenvalue weighted by Gasteiger charge is 2.26. The molecule has 2 N–H and O–H groups in total. The molecule has 0 saturated carbocycles. The Morgan fingerprint density at radius 2 is 1.77 bits per heavy atom. The van der Waals surface area contributed by atoms with Gasteiger partial charge in [-0.2, -0.15) is 0 Å². The number of hydrogen-bond donors (Lipinski definition) is 2. The first-order chi connectivity index (χ1) is 12.5. The van der Waals surface area contributed by atoms with E-state index in [1.54, 1.807) is 24.3 Å². The average molecular weight is 352 g/mol. The average Bonchev–Trinajstić information content (AvgIpc) is 2.65. The molecule has 0 heterocycles. The molecule has 1 unspecified atom stereocenters. The van der Waals surface area contributed by atoms with Crippen LogP contribution in [0.3, 0.4) is 0 Å². The standard InChI is InChI=1S/C21H24N2O3/c1-14(2)26-17-12-10-16(11-13-17)20(24)22-23-21(25)19-9-5-7-15-6-3-4-8-18(15)19/h3-4,6,8,10-14,19H,5,7,9H2,1-2H3,(H,22,24)(H,23,25). The number of benzene rings is 2. The second-order valence-electron chi connectivity index (χ2n) is 6.78. The van der Waals surface area contributed by atoms with E-state index in [1.807, 2.05) is 32.0 Å². The van der Waals surface area contributed by atoms with Gasteiger partial charge in [-0.3, -0.25) is 20.4 Å². The van der Waals surface area contributed by atoms with Crippen LogP contribution >= 0.6 is 0 Å². The predicted octanol–water partition coefficient (Wildman–Crippen LogP) is 3.35. The zero-order valence-corrected chi connectivity index (χ0v) is 15.1. The second-order valence-corrected chi connectivity index (χ2v) is 6.78. The Morgan fingerprint density at radius 3 is 2.50 bits per heavy atom. The zero-order valence-electron chi connectivity index (χ0n) is 15.1. The molecule has 0 spiro atoms. The minimum Gasteiger partial charge on any atom is -0.491 e. The SMILES string of the molecule is CC(C)Oc1ccc(C(=O)NNC(=O)C2CCCc3ccccc32)cc1. The number of fused-ring (bicyclic) bond motifs is 1. The lowest BCUT2D eigenvalue weighted by Gasteiger charge is -2.24. The van der Waals surface area contributed by atoms with Crippen LogP contribution in [-0.2, 0) is 11.2 Å². The lowest BCUT2D eigenvalue weighted by Crippen LogP contribution is -2.44. The van der Waals surface area contributed by atoms with Gasteiger partial charge in [-0.05, 0) is 68.5 Å². The molecule has 1 aliphatic carbocycles. The molecular weight excluding hydrogens is 328 g/mol. The number of hydrogen-bond acceptors (Lipinski definition) is 3. The van der Waals surface area contributed by atoms with Crippen LogP contribution in [0.1, 0.15) is 54.1 Å². The van der Waals surface area contributed by atoms with E-state index >= 15 is 0 Å². The van der Waals surface area contributed by atoms with Crippen LogP contribution < -0.4 is 15.6 Å². The van der Waals surface area contributed by atoms with Crippen LogP contribution in [0.15, 0.2) is 48.5 Å². The zero-order chi connectivity index (χ0) is 18.5. The lowest BCUT2D eigenvalue weighted by atomic mass is 9.82. The van der Waals surface area contributed by atoms with Crippen molar-refractivity contribution in [3.63, 3.8) is 0 Å². The third kappa shape index (κ3) is 4.23. The van der Waals surface area contributed by atoms with Crippen molar-refractivity contribution >= 4 is 11.8 Å². The lowest BCUT2D eigenvalue weighted by molar-refractivity contribution is -0.123. The largest absolute Gasteiger partial charge is 0.491 e. The predicted molar refractivity (Wildman–Crippen MR) is 99.9 cm³/mol. The fraction of sp³-hybridized carbons (Fsp3) is 0.333. The van der Waals surface area contributed by atoms with Crippen molar-refractivity contribution in [1.29, 1.82) is 0 Å². The maximum absolute atomic E-state index is 12.5. The Bertz CT molecular complexity index is 784. The van der Waals surface area contributed by atoms with Gasteiger partial charge in [0.05, 0.1) is 12.0 Å². The van der Waals surface area contributed by atoms with E-state index in [4.69, 9.17) is 4.74 Å². The molecule has 0 fully saturated rings. The van der Waals surface area contributed by atoms with Gasteiger partial charge < -0.3 is 4.74 Å². The van der Waals surface area contributed by atoms with Crippen molar-refractivity contribution in [3.05, 3.63) is 65.2 Å². The van der Waals surface area contributed by atoms with Gasteiger partial charge in [0.25, 0.3) is 5.91 Å². The summed E-state index contributed by atoms with van der Waals surface area (Å²) < 4.78 is 5.56. The maximum atomic E-state index is 12.5. The number of hydrazine groups is 1. The molecule has 2 amide bonds. The van der Waals surface area contributed by atoms with Crippen molar-refractivity contribution in [2.75, 3.05) is 0 Å². The molecule has 5 nitrogen and oxygen atoms in total. The van der Waals surface area contributed by atoms with Gasteiger partial charge >= 0.3 is 0 Å². The molecule has 0 radical (unpaired) electrons. The highest BCUT2D eigenvalue weighted by Crippen LogP contribution is 2.31. The fourth-order valence-electron chi connectivity index (χ4n) is 3.26. The summed E-state index contributed by atoms with van der Waals surface area (Å²) in [5.41, 5.74) is 7.81. The summed E-state index contributed by atoms with van der Waals surface area (Å²) in [6, 6.07) is 14.8. The molecule has 0 aromatic heterocycles. The van der Waals surface area contributed by atoms with E-state index in [9.17, 15) is 9.59 Å². The summed E-state index contributed by atoms with van der Waals surface area (Å²) in [5.74, 6) is -0.0368. The van der Waals surface area contributed by atoms with Gasteiger partial charge in [-0.15, -0.1) is 0 Å². The van der Waals surface area contributed by atoms with Crippen LogP contribution in [0.2, 0.25) is 0 Å². The van der Waals surface area contributed by atoms with E-state index in [-0.39, 0.29) is 23.8 Å². The van der Waals surface area contributed by atoms with Crippen LogP contribution in [0.5, 0.6) is 5.75 Å². The second kappa shape index (κ2) is 8.04. The highest BCUT2D eigenvalue weighted by atomic mass is 16.5. The van der Waals surface area contributed by atoms with Gasteiger partial charge in [0.1, 0.15) is 5.75 Å². The fourth-order valence-corrected chi connectivity index (χ4v) is 3.26. The Hall–Kier alpha value is -2.82. The quantitative estimate of drug-likeness (QED) is 0.829. The van der Waals surface area contributed by atoms with Gasteiger partial charge in [-0.25, -0.2) is 0 Å². The highest BCUT2D eigenvalue weighted by molar-refractivity contribution is 5.96. The third-order valence-electron chi connectivity index (χ3n) is 4.47. The topological polar surface area (TPSA) is 67.4 Å². The molecule has 1 atom stereocenters. The van der Waals surface area contributed by atoms with Gasteiger partial charge in [0, 0.05) is 5.56 Å². The Balaban J connectivity index is 1.59. The van der Waals surface area contributed by atoms with Gasteiger partial charge in [0.15, 0.2) is 0 Å². The molecule has 2 aromatic carbocycles. The van der Waals surface area contributed by atoms with Crippen molar-refractivity contribution in [2.45, 2.75) is 45.1 Å². The Morgan fingerprint density at radius 1 is 1.04 bits per heavy atom. The van der Waals surface area contributed by atoms with Crippen molar-refractivity contribution in [2.24, 2.45) is 0 Å². The molecule has 0 aliphatic heterocycles. The number of rotatable bonds is 4. The monoisotopic (exact) mass is 352 g/mol. The molecule has 2 aromatic rings. The van der Waals surface area contributed by atoms with Crippen LogP contribution in [0.4, 0.5) is 0 Å². The van der Waals surface area contributed by atoms with Crippen molar-refractivity contribution in [3.8, 4) is 5.75 Å². The van der Waals surface area contributed by atoms with E-state index in [1.165, 1.54) is 5.56 Å². The minimum absolute atomic E-state index is 0.0762. The summed E-state index contributed by atoms with van der Waals surface area (Å²) in [6.45, 7) is 3.89. The number of aryl methyl sites for hydroxylation is 1. The van der Waals surface area contributed by atoms with Crippen LogP contribution in [-0.4, -0.2) is 17.9 Å². The molecule has 1 aliphatic rings. The van der Waals surface area contributed by atoms with Crippen LogP contribution in [0, 0.1) is 0 Å². The van der Waals surface area contributed by atoms with Crippen LogP contribution in [0.25, 0.3) is 0 Å². The summed E-state index contributed by atoms with van der Waals surface area (Å²) in [5, 5.41) is 0. The van der Waals surface area contributed by atoms with E-state index in [2.05, 4.69) is 16.9 Å². The summed E-state index contributed by atoms with van der Waals surface area (Å²) in [7, 11) is 0. The normalized spacial score (nSPS) is 15.9. The first-order valence-corrected chi connectivity index (χ1v) is 8.99. The van der Waals surface area contributed by atoms with E-state index in [0.717, 1.165) is 24.8 Å². The van der Waals surface area contributed by atoms with Crippen molar-refractivity contribution < 1.29 is 14.3 Å². The Kier molecular flexibility index (Phi) is 5.56. The number of carbonyl (C=O) groups is 2. The molecule has 3 rings (SSSR count). The molecular formula is C21H24N2O3. The molecule has 5 heteroatoms. The van der Waals surface area contributed by atoms with Gasteiger partial charge in [0.2, 0.25) is 5.91 Å². The minimum atomic E-state index is -0.349. The van der Waals surface area contributed by atoms with Crippen molar-refractivity contribution in [1.82, 2.24) is 10.9 Å². The Labute approximate surface area is 153 Å². The van der Waals surface area contributed by atoms with E-state index < -0.39 is 0 Å². The molecule has 0 bridgehead atoms. The molecule has 136 valence electrons. The van der Waals surface area contributed by atoms with Gasteiger partial charge in [-0.1, -0.05) is 24.3 Å². The third-order valence-corrected chi connectivity index (χ3v) is 4.47. The first kappa shape index (κ1) is 18.0. The maximum Gasteiger partial charge on any atom is 0.269 e. The number of amides is 2. The number of nitrogens with one attached hydrogen (secondary N) is 2. The van der Waals surface area contributed by atoms with E-state index in [0.29, 0.717) is 11.3 Å². The smallest absolute Gasteiger partial charge is 0.269 e. The first-order valence-electron chi connectivity index (χ1n) is 8.99. The number of ether oxygens (including phenoxy) is 1. The summed E-state index contributed by atoms with van der Waals surface area (Å²) in [6.07, 6.45) is 2.84. The summed E-state index contributed by atoms with van der Waals surface area (Å²) >= 11 is 0. The molecule has 26 heavy (non-hydrogen) atoms. The molecule has 0 saturated heterocycles. The summed E-state index contributed by atoms with van der Waals surface area (Å²) in [4.78, 5) is 24.8.